The van der Waals surface area contributed by atoms with Crippen LogP contribution in [-0.2, 0) is 26.6 Å². The summed E-state index contributed by atoms with van der Waals surface area (Å²) < 4.78 is 0. The molecule has 0 amide bonds. The predicted molar refractivity (Wildman–Crippen MR) is 70.0 cm³/mol. The van der Waals surface area contributed by atoms with Crippen molar-refractivity contribution in [1.29, 1.82) is 0 Å². The van der Waals surface area contributed by atoms with E-state index in [2.05, 4.69) is 20.3 Å². The summed E-state index contributed by atoms with van der Waals surface area (Å²) in [7, 11) is 1.74. The molecule has 0 saturated carbocycles. The maximum atomic E-state index is 11.2. The third kappa shape index (κ3) is 2.39. The molecule has 104 valence electrons. The number of nitrogens with zero attached hydrogens (tertiary/aromatic N) is 5. The number of fused-ring (bicyclic) bond motifs is 1. The number of aromatic nitrogens is 4. The van der Waals surface area contributed by atoms with Gasteiger partial charge in [-0.05, 0) is 28.8 Å². The van der Waals surface area contributed by atoms with E-state index in [4.69, 9.17) is 0 Å². The molecule has 1 N–H and O–H groups in total. The maximum Gasteiger partial charge on any atom is 0.335 e. The number of benzene rings is 1. The first-order valence-corrected chi connectivity index (χ1v) is 6.43. The highest BCUT2D eigenvalue weighted by atomic mass is 16.4. The lowest BCUT2D eigenvalue weighted by atomic mass is 9.94. The van der Waals surface area contributed by atoms with Gasteiger partial charge in [0.05, 0.1) is 19.2 Å². The Kier molecular flexibility index (Phi) is 3.19. The van der Waals surface area contributed by atoms with Gasteiger partial charge < -0.3 is 5.11 Å². The molecule has 0 radical (unpaired) electrons. The molecule has 0 unspecified atom stereocenters. The van der Waals surface area contributed by atoms with E-state index in [9.17, 15) is 9.90 Å². The summed E-state index contributed by atoms with van der Waals surface area (Å²) in [5.41, 5.74) is 2.43. The van der Waals surface area contributed by atoms with Crippen LogP contribution in [0.2, 0.25) is 0 Å². The molecule has 0 atom stereocenters. The van der Waals surface area contributed by atoms with Crippen LogP contribution in [0.15, 0.2) is 18.2 Å². The molecule has 0 aliphatic carbocycles. The molecule has 1 aromatic heterocycles. The Morgan fingerprint density at radius 3 is 3.00 bits per heavy atom. The second-order valence-electron chi connectivity index (χ2n) is 4.90. The summed E-state index contributed by atoms with van der Waals surface area (Å²) in [5.74, 6) is -0.170. The molecule has 20 heavy (non-hydrogen) atoms. The lowest BCUT2D eigenvalue weighted by Gasteiger charge is -2.28. The SMILES string of the molecule is Cn1nnc(CN2CCc3c(cccc3C(=O)O)C2)n1. The first kappa shape index (κ1) is 12.7. The van der Waals surface area contributed by atoms with Crippen LogP contribution in [-0.4, -0.2) is 42.7 Å². The van der Waals surface area contributed by atoms with E-state index in [1.165, 1.54) is 4.80 Å². The molecule has 7 nitrogen and oxygen atoms in total. The van der Waals surface area contributed by atoms with Crippen LogP contribution in [0, 0.1) is 0 Å². The first-order chi connectivity index (χ1) is 9.63. The van der Waals surface area contributed by atoms with Crippen LogP contribution >= 0.6 is 0 Å². The lowest BCUT2D eigenvalue weighted by Crippen LogP contribution is -2.31. The molecule has 0 fully saturated rings. The van der Waals surface area contributed by atoms with Gasteiger partial charge in [-0.25, -0.2) is 4.79 Å². The number of aromatic carboxylic acids is 1. The summed E-state index contributed by atoms with van der Waals surface area (Å²) in [6.45, 7) is 2.15. The smallest absolute Gasteiger partial charge is 0.335 e. The van der Waals surface area contributed by atoms with Crippen LogP contribution < -0.4 is 0 Å². The third-order valence-corrected chi connectivity index (χ3v) is 3.49. The van der Waals surface area contributed by atoms with E-state index in [0.29, 0.717) is 24.5 Å². The molecule has 0 saturated heterocycles. The number of carboxylic acids is 1. The van der Waals surface area contributed by atoms with Gasteiger partial charge in [-0.2, -0.15) is 4.80 Å². The zero-order valence-electron chi connectivity index (χ0n) is 11.2. The number of hydrogen-bond donors (Lipinski definition) is 1. The zero-order valence-corrected chi connectivity index (χ0v) is 11.2. The number of hydrogen-bond acceptors (Lipinski definition) is 5. The number of aryl methyl sites for hydroxylation is 1. The molecule has 0 bridgehead atoms. The van der Waals surface area contributed by atoms with Crippen molar-refractivity contribution < 1.29 is 9.90 Å². The predicted octanol–water partition coefficient (Wildman–Crippen LogP) is 0.467. The van der Waals surface area contributed by atoms with Gasteiger partial charge >= 0.3 is 5.97 Å². The van der Waals surface area contributed by atoms with Crippen molar-refractivity contribution in [2.75, 3.05) is 6.54 Å². The quantitative estimate of drug-likeness (QED) is 0.875. The minimum absolute atomic E-state index is 0.416. The van der Waals surface area contributed by atoms with Crippen molar-refractivity contribution in [2.45, 2.75) is 19.5 Å². The van der Waals surface area contributed by atoms with Gasteiger partial charge in [0.1, 0.15) is 0 Å². The Labute approximate surface area is 115 Å². The molecule has 3 rings (SSSR count). The first-order valence-electron chi connectivity index (χ1n) is 6.43. The minimum atomic E-state index is -0.856. The topological polar surface area (TPSA) is 84.1 Å². The van der Waals surface area contributed by atoms with Crippen molar-refractivity contribution in [1.82, 2.24) is 25.1 Å². The highest BCUT2D eigenvalue weighted by Crippen LogP contribution is 2.23. The average Bonchev–Trinajstić information content (AvgIpc) is 2.83. The molecular formula is C13H15N5O2. The van der Waals surface area contributed by atoms with Crippen LogP contribution in [0.25, 0.3) is 0 Å². The van der Waals surface area contributed by atoms with Crippen LogP contribution in [0.3, 0.4) is 0 Å². The third-order valence-electron chi connectivity index (χ3n) is 3.49. The van der Waals surface area contributed by atoms with Gasteiger partial charge in [0.2, 0.25) is 0 Å². The molecule has 1 aliphatic heterocycles. The number of carboxylic acid groups (broad SMARTS) is 1. The Balaban J connectivity index is 1.79. The maximum absolute atomic E-state index is 11.2. The average molecular weight is 273 g/mol. The second kappa shape index (κ2) is 5.01. The van der Waals surface area contributed by atoms with Crippen LogP contribution in [0.1, 0.15) is 27.3 Å². The summed E-state index contributed by atoms with van der Waals surface area (Å²) in [4.78, 5) is 14.8. The van der Waals surface area contributed by atoms with Gasteiger partial charge in [0.15, 0.2) is 5.82 Å². The fourth-order valence-electron chi connectivity index (χ4n) is 2.59. The fourth-order valence-corrected chi connectivity index (χ4v) is 2.59. The van der Waals surface area contributed by atoms with Gasteiger partial charge in [-0.1, -0.05) is 12.1 Å². The molecule has 1 aromatic carbocycles. The summed E-state index contributed by atoms with van der Waals surface area (Å²) in [6, 6.07) is 5.45. The monoisotopic (exact) mass is 273 g/mol. The Morgan fingerprint density at radius 2 is 2.30 bits per heavy atom. The lowest BCUT2D eigenvalue weighted by molar-refractivity contribution is 0.0694. The normalized spacial score (nSPS) is 15.1. The van der Waals surface area contributed by atoms with Crippen LogP contribution in [0.4, 0.5) is 0 Å². The second-order valence-corrected chi connectivity index (χ2v) is 4.90. The fraction of sp³-hybridized carbons (Fsp3) is 0.385. The van der Waals surface area contributed by atoms with E-state index in [1.54, 1.807) is 19.2 Å². The van der Waals surface area contributed by atoms with E-state index in [1.807, 2.05) is 6.07 Å². The minimum Gasteiger partial charge on any atom is -0.478 e. The Morgan fingerprint density at radius 1 is 1.45 bits per heavy atom. The van der Waals surface area contributed by atoms with Gasteiger partial charge in [-0.3, -0.25) is 4.90 Å². The molecular weight excluding hydrogens is 258 g/mol. The molecule has 0 spiro atoms. The van der Waals surface area contributed by atoms with Crippen molar-refractivity contribution >= 4 is 5.97 Å². The van der Waals surface area contributed by atoms with E-state index in [0.717, 1.165) is 24.1 Å². The summed E-state index contributed by atoms with van der Waals surface area (Å²) in [6.07, 6.45) is 0.734. The zero-order chi connectivity index (χ0) is 14.1. The van der Waals surface area contributed by atoms with E-state index < -0.39 is 5.97 Å². The van der Waals surface area contributed by atoms with Crippen molar-refractivity contribution in [3.05, 3.63) is 40.7 Å². The van der Waals surface area contributed by atoms with E-state index in [-0.39, 0.29) is 0 Å². The van der Waals surface area contributed by atoms with Crippen LogP contribution in [0.5, 0.6) is 0 Å². The van der Waals surface area contributed by atoms with Gasteiger partial charge in [0, 0.05) is 13.1 Å². The van der Waals surface area contributed by atoms with Gasteiger partial charge in [-0.15, -0.1) is 10.2 Å². The molecule has 1 aliphatic rings. The van der Waals surface area contributed by atoms with Crippen molar-refractivity contribution in [3.8, 4) is 0 Å². The standard InChI is InChI=1S/C13H15N5O2/c1-17-15-12(14-16-17)8-18-6-5-10-9(7-18)3-2-4-11(10)13(19)20/h2-4H,5-8H2,1H3,(H,19,20). The summed E-state index contributed by atoms with van der Waals surface area (Å²) >= 11 is 0. The highest BCUT2D eigenvalue weighted by Gasteiger charge is 2.22. The molecule has 7 heteroatoms. The summed E-state index contributed by atoms with van der Waals surface area (Å²) in [5, 5.41) is 21.2. The molecule has 2 heterocycles. The van der Waals surface area contributed by atoms with Crippen molar-refractivity contribution in [2.24, 2.45) is 7.05 Å². The Bertz CT molecular complexity index is 652. The van der Waals surface area contributed by atoms with Gasteiger partial charge in [0.25, 0.3) is 0 Å². The number of carbonyl (C=O) groups is 1. The Hall–Kier alpha value is -2.28. The van der Waals surface area contributed by atoms with Crippen molar-refractivity contribution in [3.63, 3.8) is 0 Å². The largest absolute Gasteiger partial charge is 0.478 e. The number of rotatable bonds is 3. The molecule has 2 aromatic rings. The van der Waals surface area contributed by atoms with E-state index >= 15 is 0 Å². The highest BCUT2D eigenvalue weighted by molar-refractivity contribution is 5.89. The number of tetrazole rings is 1.